The average Bonchev–Trinajstić information content (AvgIpc) is 3.42. The van der Waals surface area contributed by atoms with Gasteiger partial charge in [0, 0.05) is 19.1 Å². The van der Waals surface area contributed by atoms with Crippen molar-refractivity contribution in [1.82, 2.24) is 9.80 Å². The van der Waals surface area contributed by atoms with Gasteiger partial charge in [0.25, 0.3) is 0 Å². The van der Waals surface area contributed by atoms with Crippen molar-refractivity contribution in [3.63, 3.8) is 0 Å². The fourth-order valence-corrected chi connectivity index (χ4v) is 12.6. The molecule has 0 radical (unpaired) electrons. The molecule has 0 saturated heterocycles. The molecule has 4 fully saturated rings. The molecule has 1 amide bonds. The molecular weight excluding hydrogens is 596 g/mol. The lowest BCUT2D eigenvalue weighted by atomic mass is 9.44. The number of unbranched alkanes of at least 4 members (excludes halogenated alkanes) is 9. The normalized spacial score (nSPS) is 35.5. The first-order chi connectivity index (χ1) is 22.7. The van der Waals surface area contributed by atoms with Crippen LogP contribution in [0.2, 0.25) is 0 Å². The molecule has 3 nitrogen and oxygen atoms in total. The van der Waals surface area contributed by atoms with Gasteiger partial charge in [-0.1, -0.05) is 129 Å². The lowest BCUT2D eigenvalue weighted by molar-refractivity contribution is -0.143. The summed E-state index contributed by atoms with van der Waals surface area (Å²) in [6, 6.07) is 0.401. The van der Waals surface area contributed by atoms with Crippen LogP contribution in [0.5, 0.6) is 0 Å². The maximum absolute atomic E-state index is 14.1. The van der Waals surface area contributed by atoms with Crippen molar-refractivity contribution >= 4 is 17.5 Å². The van der Waals surface area contributed by atoms with Crippen LogP contribution in [0.3, 0.4) is 0 Å². The summed E-state index contributed by atoms with van der Waals surface area (Å²) in [5.41, 5.74) is 1.04. The summed E-state index contributed by atoms with van der Waals surface area (Å²) in [7, 11) is 0. The Labute approximate surface area is 296 Å². The number of halogens is 1. The number of carbonyl (C=O) groups is 1. The molecule has 0 aromatic carbocycles. The predicted octanol–water partition coefficient (Wildman–Crippen LogP) is 12.2. The molecule has 5 aliphatic rings. The highest BCUT2D eigenvalue weighted by Crippen LogP contribution is 2.68. The summed E-state index contributed by atoms with van der Waals surface area (Å²) in [4.78, 5) is 18.5. The third-order valence-corrected chi connectivity index (χ3v) is 15.3. The molecule has 5 unspecified atom stereocenters. The molecule has 47 heavy (non-hydrogen) atoms. The molecule has 4 saturated carbocycles. The van der Waals surface area contributed by atoms with Crippen LogP contribution >= 0.6 is 11.6 Å². The van der Waals surface area contributed by atoms with Crippen molar-refractivity contribution in [3.05, 3.63) is 23.4 Å². The molecule has 0 N–H and O–H groups in total. The Hall–Kier alpha value is -0.960. The number of fused-ring (bicyclic) bond motifs is 5. The van der Waals surface area contributed by atoms with Gasteiger partial charge in [-0.25, -0.2) is 0 Å². The van der Waals surface area contributed by atoms with Gasteiger partial charge in [-0.3, -0.25) is 4.79 Å². The number of rotatable bonds is 17. The molecule has 0 bridgehead atoms. The Morgan fingerprint density at radius 1 is 0.872 bits per heavy atom. The second-order valence-corrected chi connectivity index (χ2v) is 18.0. The number of carbonyl (C=O) groups excluding carboxylic acids is 1. The van der Waals surface area contributed by atoms with Crippen LogP contribution in [-0.2, 0) is 4.79 Å². The van der Waals surface area contributed by atoms with Gasteiger partial charge in [-0.2, -0.15) is 0 Å². The lowest BCUT2D eigenvalue weighted by Gasteiger charge is -2.62. The minimum atomic E-state index is 0.302. The van der Waals surface area contributed by atoms with Gasteiger partial charge < -0.3 is 9.80 Å². The fourth-order valence-electron chi connectivity index (χ4n) is 12.4. The highest BCUT2D eigenvalue weighted by atomic mass is 35.5. The van der Waals surface area contributed by atoms with Crippen molar-refractivity contribution < 1.29 is 4.79 Å². The zero-order valence-corrected chi connectivity index (χ0v) is 32.2. The summed E-state index contributed by atoms with van der Waals surface area (Å²) in [6.45, 7) is 14.8. The Morgan fingerprint density at radius 2 is 1.55 bits per heavy atom. The van der Waals surface area contributed by atoms with Gasteiger partial charge in [-0.05, 0) is 117 Å². The Kier molecular flexibility index (Phi) is 13.7. The van der Waals surface area contributed by atoms with Gasteiger partial charge in [0.15, 0.2) is 0 Å². The van der Waals surface area contributed by atoms with E-state index in [1.807, 2.05) is 12.2 Å². The molecule has 0 spiro atoms. The first kappa shape index (κ1) is 37.3. The summed E-state index contributed by atoms with van der Waals surface area (Å²) in [5, 5.41) is 0.705. The summed E-state index contributed by atoms with van der Waals surface area (Å²) >= 11 is 6.56. The molecule has 4 aliphatic carbocycles. The van der Waals surface area contributed by atoms with Crippen LogP contribution < -0.4 is 0 Å². The molecule has 0 aromatic heterocycles. The third kappa shape index (κ3) is 8.51. The van der Waals surface area contributed by atoms with Gasteiger partial charge in [0.05, 0.1) is 6.54 Å². The molecule has 9 atom stereocenters. The number of hydrogen-bond donors (Lipinski definition) is 0. The van der Waals surface area contributed by atoms with Gasteiger partial charge >= 0.3 is 0 Å². The van der Waals surface area contributed by atoms with E-state index in [2.05, 4.69) is 50.5 Å². The fraction of sp³-hybridized carbons (Fsp3) is 0.884. The lowest BCUT2D eigenvalue weighted by Crippen LogP contribution is -2.56. The van der Waals surface area contributed by atoms with Crippen LogP contribution in [0.25, 0.3) is 0 Å². The summed E-state index contributed by atoms with van der Waals surface area (Å²) < 4.78 is 0. The molecule has 1 heterocycles. The van der Waals surface area contributed by atoms with Crippen molar-refractivity contribution in [1.29, 1.82) is 0 Å². The number of allylic oxidation sites excluding steroid dienone is 2. The predicted molar refractivity (Wildman–Crippen MR) is 201 cm³/mol. The number of hydrogen-bond acceptors (Lipinski definition) is 2. The van der Waals surface area contributed by atoms with E-state index in [4.69, 9.17) is 11.6 Å². The van der Waals surface area contributed by atoms with Crippen LogP contribution in [0.15, 0.2) is 23.4 Å². The van der Waals surface area contributed by atoms with E-state index in [-0.39, 0.29) is 0 Å². The first-order valence-corrected chi connectivity index (χ1v) is 21.2. The molecule has 0 aromatic rings. The summed E-state index contributed by atoms with van der Waals surface area (Å²) in [5.74, 6) is 5.70. The number of nitrogens with zero attached hydrogens (tertiary/aromatic N) is 2. The van der Waals surface area contributed by atoms with E-state index in [0.717, 1.165) is 55.0 Å². The smallest absolute Gasteiger partial charge is 0.242 e. The van der Waals surface area contributed by atoms with Crippen LogP contribution in [0.4, 0.5) is 0 Å². The Morgan fingerprint density at radius 3 is 2.26 bits per heavy atom. The minimum Gasteiger partial charge on any atom is -0.349 e. The van der Waals surface area contributed by atoms with Gasteiger partial charge in [0.2, 0.25) is 5.91 Å². The Bertz CT molecular complexity index is 1050. The number of amides is 1. The van der Waals surface area contributed by atoms with Gasteiger partial charge in [0.1, 0.15) is 5.16 Å². The van der Waals surface area contributed by atoms with Gasteiger partial charge in [-0.15, -0.1) is 0 Å². The molecule has 5 rings (SSSR count). The molecule has 4 heteroatoms. The SMILES string of the molecule is CCCCCCCCCCCCN(C(=O)CN1CC=CC=C1Cl)C1CC[C@@]2(C)C(CCC3C2CC[C@@]2(C)C3CC[C@@H]2[C@H](C)CCC)C1. The maximum Gasteiger partial charge on any atom is 0.242 e. The minimum absolute atomic E-state index is 0.302. The zero-order chi connectivity index (χ0) is 33.4. The second kappa shape index (κ2) is 17.3. The highest BCUT2D eigenvalue weighted by molar-refractivity contribution is 6.29. The molecule has 268 valence electrons. The van der Waals surface area contributed by atoms with Crippen LogP contribution in [0.1, 0.15) is 169 Å². The molecular formula is C43H73ClN2O. The Balaban J connectivity index is 1.19. The van der Waals surface area contributed by atoms with E-state index < -0.39 is 0 Å². The van der Waals surface area contributed by atoms with E-state index in [1.165, 1.54) is 128 Å². The monoisotopic (exact) mass is 669 g/mol. The zero-order valence-electron chi connectivity index (χ0n) is 31.4. The largest absolute Gasteiger partial charge is 0.349 e. The van der Waals surface area contributed by atoms with Crippen LogP contribution in [-0.4, -0.2) is 41.4 Å². The van der Waals surface area contributed by atoms with E-state index in [0.29, 0.717) is 34.5 Å². The first-order valence-electron chi connectivity index (χ1n) is 20.8. The van der Waals surface area contributed by atoms with Crippen molar-refractivity contribution in [2.24, 2.45) is 46.3 Å². The van der Waals surface area contributed by atoms with Crippen LogP contribution in [0, 0.1) is 46.3 Å². The highest BCUT2D eigenvalue weighted by Gasteiger charge is 2.60. The quantitative estimate of drug-likeness (QED) is 0.114. The van der Waals surface area contributed by atoms with E-state index >= 15 is 0 Å². The van der Waals surface area contributed by atoms with E-state index in [9.17, 15) is 4.79 Å². The second-order valence-electron chi connectivity index (χ2n) is 17.6. The van der Waals surface area contributed by atoms with Crippen molar-refractivity contribution in [2.75, 3.05) is 19.6 Å². The average molecular weight is 670 g/mol. The standard InChI is InChI=1S/C43H73ClN2O/c1-6-8-9-10-11-12-13-14-15-17-30-46(41(47)32-45-29-18-16-20-40(45)44)35-25-27-42(4)34(31-35)21-22-36-38-24-23-37(33(3)19-7-2)43(38,5)28-26-39(36)42/h16,18,20,33-39H,6-15,17,19,21-32H2,1-5H3/t33-,34?,35?,36?,37-,38?,39?,42+,43-/m1/s1. The topological polar surface area (TPSA) is 23.6 Å². The summed E-state index contributed by atoms with van der Waals surface area (Å²) in [6.07, 6.45) is 34.6. The third-order valence-electron chi connectivity index (χ3n) is 15.0. The maximum atomic E-state index is 14.1. The van der Waals surface area contributed by atoms with Crippen molar-refractivity contribution in [3.8, 4) is 0 Å². The molecule has 1 aliphatic heterocycles. The van der Waals surface area contributed by atoms with Crippen molar-refractivity contribution in [2.45, 2.75) is 175 Å². The van der Waals surface area contributed by atoms with E-state index in [1.54, 1.807) is 0 Å².